The van der Waals surface area contributed by atoms with Crippen LogP contribution in [0.15, 0.2) is 66.9 Å². The van der Waals surface area contributed by atoms with E-state index in [0.29, 0.717) is 40.9 Å². The van der Waals surface area contributed by atoms with Crippen LogP contribution in [0.4, 0.5) is 16.2 Å². The highest BCUT2D eigenvalue weighted by Crippen LogP contribution is 2.40. The molecule has 0 aliphatic carbocycles. The number of benzene rings is 3. The number of morpholine rings is 1. The maximum atomic E-state index is 12.6. The molecule has 1 aliphatic heterocycles. The maximum Gasteiger partial charge on any atom is 0.323 e. The van der Waals surface area contributed by atoms with Gasteiger partial charge >= 0.3 is 6.03 Å². The number of aromatic nitrogens is 3. The normalized spacial score (nSPS) is 13.3. The molecule has 1 aliphatic rings. The van der Waals surface area contributed by atoms with Crippen molar-refractivity contribution in [3.05, 3.63) is 66.9 Å². The van der Waals surface area contributed by atoms with Crippen molar-refractivity contribution in [2.75, 3.05) is 71.4 Å². The van der Waals surface area contributed by atoms with E-state index in [4.69, 9.17) is 23.7 Å². The Morgan fingerprint density at radius 3 is 2.19 bits per heavy atom. The van der Waals surface area contributed by atoms with Gasteiger partial charge in [-0.25, -0.2) is 9.48 Å². The van der Waals surface area contributed by atoms with Gasteiger partial charge in [0.15, 0.2) is 11.5 Å². The monoisotopic (exact) mass is 574 g/mol. The number of nitrogens with one attached hydrogen (secondary N) is 2. The molecule has 5 rings (SSSR count). The van der Waals surface area contributed by atoms with Crippen LogP contribution < -0.4 is 29.6 Å². The average Bonchev–Trinajstić information content (AvgIpc) is 3.52. The van der Waals surface area contributed by atoms with Crippen LogP contribution in [0.5, 0.6) is 23.0 Å². The van der Waals surface area contributed by atoms with Crippen LogP contribution in [0.1, 0.15) is 0 Å². The van der Waals surface area contributed by atoms with Crippen molar-refractivity contribution in [3.8, 4) is 39.9 Å². The van der Waals surface area contributed by atoms with E-state index < -0.39 is 6.03 Å². The van der Waals surface area contributed by atoms with Crippen LogP contribution in [0.25, 0.3) is 16.9 Å². The summed E-state index contributed by atoms with van der Waals surface area (Å²) in [6, 6.07) is 18.0. The first-order chi connectivity index (χ1) is 20.6. The number of rotatable bonds is 11. The van der Waals surface area contributed by atoms with Gasteiger partial charge in [0.1, 0.15) is 18.1 Å². The number of carbonyl (C=O) groups is 1. The third-order valence-corrected chi connectivity index (χ3v) is 6.74. The molecule has 1 aromatic heterocycles. The fraction of sp³-hybridized carbons (Fsp3) is 0.300. The van der Waals surface area contributed by atoms with Gasteiger partial charge in [-0.1, -0.05) is 17.3 Å². The smallest absolute Gasteiger partial charge is 0.323 e. The number of anilines is 2. The Morgan fingerprint density at radius 1 is 0.881 bits per heavy atom. The molecular weight excluding hydrogens is 540 g/mol. The lowest BCUT2D eigenvalue weighted by Crippen LogP contribution is -2.38. The molecule has 0 saturated carbocycles. The molecule has 12 heteroatoms. The fourth-order valence-electron chi connectivity index (χ4n) is 4.51. The molecule has 0 spiro atoms. The highest BCUT2D eigenvalue weighted by Gasteiger charge is 2.15. The molecule has 3 aromatic carbocycles. The second-order valence-corrected chi connectivity index (χ2v) is 9.42. The zero-order valence-electron chi connectivity index (χ0n) is 23.8. The molecule has 1 saturated heterocycles. The van der Waals surface area contributed by atoms with Crippen LogP contribution in [-0.2, 0) is 4.74 Å². The summed E-state index contributed by atoms with van der Waals surface area (Å²) in [4.78, 5) is 15.0. The number of ether oxygens (including phenoxy) is 5. The highest BCUT2D eigenvalue weighted by atomic mass is 16.5. The summed E-state index contributed by atoms with van der Waals surface area (Å²) in [6.45, 7) is 4.97. The summed E-state index contributed by atoms with van der Waals surface area (Å²) in [7, 11) is 4.55. The van der Waals surface area contributed by atoms with Gasteiger partial charge in [-0.05, 0) is 36.4 Å². The van der Waals surface area contributed by atoms with E-state index in [1.54, 1.807) is 28.9 Å². The minimum Gasteiger partial charge on any atom is -0.493 e. The van der Waals surface area contributed by atoms with Crippen LogP contribution in [0, 0.1) is 0 Å². The molecule has 1 fully saturated rings. The molecule has 4 aromatic rings. The third kappa shape index (κ3) is 7.09. The Morgan fingerprint density at radius 2 is 1.55 bits per heavy atom. The minimum atomic E-state index is -0.420. The van der Waals surface area contributed by atoms with Crippen molar-refractivity contribution in [1.82, 2.24) is 19.9 Å². The largest absolute Gasteiger partial charge is 0.493 e. The summed E-state index contributed by atoms with van der Waals surface area (Å²) < 4.78 is 29.0. The summed E-state index contributed by atoms with van der Waals surface area (Å²) >= 11 is 0. The number of nitrogens with zero attached hydrogens (tertiary/aromatic N) is 4. The molecule has 0 unspecified atom stereocenters. The van der Waals surface area contributed by atoms with E-state index in [-0.39, 0.29) is 0 Å². The molecule has 0 bridgehead atoms. The summed E-state index contributed by atoms with van der Waals surface area (Å²) in [5.41, 5.74) is 3.54. The fourth-order valence-corrected chi connectivity index (χ4v) is 4.51. The quantitative estimate of drug-likeness (QED) is 0.270. The van der Waals surface area contributed by atoms with E-state index in [1.807, 2.05) is 42.6 Å². The van der Waals surface area contributed by atoms with Gasteiger partial charge in [-0.3, -0.25) is 4.90 Å². The first kappa shape index (κ1) is 28.7. The number of amides is 2. The van der Waals surface area contributed by atoms with Crippen molar-refractivity contribution in [2.45, 2.75) is 0 Å². The second kappa shape index (κ2) is 13.7. The SMILES string of the molecule is COc1cc(NC(=O)Nc2ccc(-c3cn(-c4ccc(OCCN5CCOCC5)cc4)nn3)cc2)cc(OC)c1OC. The summed E-state index contributed by atoms with van der Waals surface area (Å²) in [5, 5.41) is 14.2. The van der Waals surface area contributed by atoms with Gasteiger partial charge in [-0.15, -0.1) is 5.10 Å². The van der Waals surface area contributed by atoms with E-state index in [1.165, 1.54) is 21.3 Å². The highest BCUT2D eigenvalue weighted by molar-refractivity contribution is 6.00. The molecule has 42 heavy (non-hydrogen) atoms. The third-order valence-electron chi connectivity index (χ3n) is 6.74. The predicted molar refractivity (Wildman–Crippen MR) is 158 cm³/mol. The van der Waals surface area contributed by atoms with Gasteiger partial charge in [0.05, 0.1) is 52.1 Å². The second-order valence-electron chi connectivity index (χ2n) is 9.42. The molecule has 12 nitrogen and oxygen atoms in total. The summed E-state index contributed by atoms with van der Waals surface area (Å²) in [6.07, 6.45) is 1.86. The predicted octanol–water partition coefficient (Wildman–Crippen LogP) is 4.32. The molecule has 2 N–H and O–H groups in total. The first-order valence-electron chi connectivity index (χ1n) is 13.5. The molecule has 220 valence electrons. The lowest BCUT2D eigenvalue weighted by atomic mass is 10.1. The van der Waals surface area contributed by atoms with E-state index in [9.17, 15) is 4.79 Å². The van der Waals surface area contributed by atoms with Crippen molar-refractivity contribution in [3.63, 3.8) is 0 Å². The standard InChI is InChI=1S/C30H34N6O6/c1-38-27-18-23(19-28(39-2)29(27)40-3)32-30(37)31-22-6-4-21(5-7-22)26-20-36(34-33-26)24-8-10-25(11-9-24)42-17-14-35-12-15-41-16-13-35/h4-11,18-20H,12-17H2,1-3H3,(H2,31,32,37). The van der Waals surface area contributed by atoms with Crippen LogP contribution >= 0.6 is 0 Å². The van der Waals surface area contributed by atoms with E-state index in [0.717, 1.165) is 49.8 Å². The van der Waals surface area contributed by atoms with E-state index in [2.05, 4.69) is 25.8 Å². The molecular formula is C30H34N6O6. The van der Waals surface area contributed by atoms with E-state index >= 15 is 0 Å². The topological polar surface area (TPSA) is 121 Å². The Labute approximate surface area is 244 Å². The van der Waals surface area contributed by atoms with Crippen LogP contribution in [-0.4, -0.2) is 86.7 Å². The average molecular weight is 575 g/mol. The molecule has 0 atom stereocenters. The Bertz CT molecular complexity index is 1440. The van der Waals surface area contributed by atoms with Crippen LogP contribution in [0.3, 0.4) is 0 Å². The van der Waals surface area contributed by atoms with Gasteiger partial charge in [0, 0.05) is 43.0 Å². The number of carbonyl (C=O) groups excluding carboxylic acids is 1. The van der Waals surface area contributed by atoms with Gasteiger partial charge in [0.2, 0.25) is 5.75 Å². The lowest BCUT2D eigenvalue weighted by molar-refractivity contribution is 0.0322. The first-order valence-corrected chi connectivity index (χ1v) is 13.5. The Hall–Kier alpha value is -4.81. The number of hydrogen-bond acceptors (Lipinski definition) is 9. The Balaban J connectivity index is 1.15. The minimum absolute atomic E-state index is 0.420. The van der Waals surface area contributed by atoms with Crippen molar-refractivity contribution in [2.24, 2.45) is 0 Å². The van der Waals surface area contributed by atoms with Crippen molar-refractivity contribution < 1.29 is 28.5 Å². The van der Waals surface area contributed by atoms with Gasteiger partial charge in [0.25, 0.3) is 0 Å². The molecule has 2 amide bonds. The maximum absolute atomic E-state index is 12.6. The van der Waals surface area contributed by atoms with Crippen molar-refractivity contribution in [1.29, 1.82) is 0 Å². The number of hydrogen-bond donors (Lipinski definition) is 2. The molecule has 0 radical (unpaired) electrons. The lowest BCUT2D eigenvalue weighted by Gasteiger charge is -2.26. The van der Waals surface area contributed by atoms with Crippen molar-refractivity contribution >= 4 is 17.4 Å². The zero-order valence-corrected chi connectivity index (χ0v) is 23.8. The zero-order chi connectivity index (χ0) is 29.3. The summed E-state index contributed by atoms with van der Waals surface area (Å²) in [5.74, 6) is 2.13. The Kier molecular flexibility index (Phi) is 9.37. The van der Waals surface area contributed by atoms with Gasteiger partial charge < -0.3 is 34.3 Å². The number of urea groups is 1. The number of methoxy groups -OCH3 is 3. The molecule has 2 heterocycles. The van der Waals surface area contributed by atoms with Crippen LogP contribution in [0.2, 0.25) is 0 Å². The van der Waals surface area contributed by atoms with Gasteiger partial charge in [-0.2, -0.15) is 0 Å².